The zero-order valence-electron chi connectivity index (χ0n) is 20.2. The topological polar surface area (TPSA) is 97.0 Å². The zero-order valence-corrected chi connectivity index (χ0v) is 20.2. The first-order valence-electron chi connectivity index (χ1n) is 11.7. The molecule has 33 heavy (non-hydrogen) atoms. The molecule has 8 heteroatoms. The number of esters is 1. The van der Waals surface area contributed by atoms with Crippen molar-refractivity contribution < 1.29 is 23.9 Å². The number of hydrogen-bond donors (Lipinski definition) is 2. The Morgan fingerprint density at radius 2 is 1.73 bits per heavy atom. The summed E-state index contributed by atoms with van der Waals surface area (Å²) >= 11 is 0. The summed E-state index contributed by atoms with van der Waals surface area (Å²) in [7, 11) is 3.13. The molecule has 8 nitrogen and oxygen atoms in total. The molecule has 0 saturated carbocycles. The molecule has 0 bridgehead atoms. The first kappa shape index (κ1) is 26.4. The molecule has 2 rings (SSSR count). The van der Waals surface area contributed by atoms with Gasteiger partial charge >= 0.3 is 12.0 Å². The number of hydrogen-bond acceptors (Lipinski definition) is 5. The van der Waals surface area contributed by atoms with E-state index in [-0.39, 0.29) is 25.2 Å². The van der Waals surface area contributed by atoms with Crippen LogP contribution in [0.3, 0.4) is 0 Å². The number of nitrogens with zero attached hydrogens (tertiary/aromatic N) is 1. The van der Waals surface area contributed by atoms with Gasteiger partial charge in [-0.2, -0.15) is 0 Å². The fourth-order valence-electron chi connectivity index (χ4n) is 3.69. The van der Waals surface area contributed by atoms with Gasteiger partial charge in [-0.15, -0.1) is 0 Å². The summed E-state index contributed by atoms with van der Waals surface area (Å²) in [6.07, 6.45) is 7.30. The van der Waals surface area contributed by atoms with Crippen molar-refractivity contribution in [3.8, 4) is 0 Å². The molecule has 2 N–H and O–H groups in total. The molecule has 0 fully saturated rings. The van der Waals surface area contributed by atoms with Gasteiger partial charge in [0.1, 0.15) is 6.61 Å². The average Bonchev–Trinajstić information content (AvgIpc) is 2.80. The normalized spacial score (nSPS) is 15.9. The minimum absolute atomic E-state index is 0.0102. The predicted octanol–water partition coefficient (Wildman–Crippen LogP) is 4.54. The second-order valence-corrected chi connectivity index (χ2v) is 8.26. The molecule has 1 aliphatic heterocycles. The molecule has 1 aromatic carbocycles. The Morgan fingerprint density at radius 3 is 2.39 bits per heavy atom. The Labute approximate surface area is 196 Å². The highest BCUT2D eigenvalue weighted by molar-refractivity contribution is 5.95. The Balaban J connectivity index is 2.02. The monoisotopic (exact) mass is 459 g/mol. The third kappa shape index (κ3) is 7.89. The minimum atomic E-state index is -0.642. The number of unbranched alkanes of at least 4 members (excludes halogenated alkanes) is 5. The van der Waals surface area contributed by atoms with Crippen molar-refractivity contribution in [3.05, 3.63) is 41.1 Å². The number of ether oxygens (including phenoxy) is 2. The van der Waals surface area contributed by atoms with Gasteiger partial charge in [0.15, 0.2) is 0 Å². The molecule has 1 aliphatic rings. The maximum atomic E-state index is 12.7. The summed E-state index contributed by atoms with van der Waals surface area (Å²) in [5.41, 5.74) is 2.30. The lowest BCUT2D eigenvalue weighted by molar-refractivity contribution is -0.140. The predicted molar refractivity (Wildman–Crippen MR) is 128 cm³/mol. The van der Waals surface area contributed by atoms with Gasteiger partial charge in [0.05, 0.1) is 18.2 Å². The van der Waals surface area contributed by atoms with E-state index in [1.54, 1.807) is 38.2 Å². The van der Waals surface area contributed by atoms with E-state index in [0.29, 0.717) is 23.4 Å². The molecule has 1 unspecified atom stereocenters. The van der Waals surface area contributed by atoms with E-state index < -0.39 is 12.0 Å². The van der Waals surface area contributed by atoms with Crippen LogP contribution in [0.25, 0.3) is 0 Å². The number of amides is 3. The smallest absolute Gasteiger partial charge is 0.338 e. The van der Waals surface area contributed by atoms with Crippen LogP contribution in [0.1, 0.15) is 70.4 Å². The van der Waals surface area contributed by atoms with Crippen molar-refractivity contribution in [1.82, 2.24) is 10.2 Å². The summed E-state index contributed by atoms with van der Waals surface area (Å²) in [6.45, 7) is 4.32. The number of anilines is 1. The van der Waals surface area contributed by atoms with Crippen LogP contribution in [-0.2, 0) is 19.1 Å². The van der Waals surface area contributed by atoms with Gasteiger partial charge in [0.25, 0.3) is 0 Å². The van der Waals surface area contributed by atoms with E-state index in [2.05, 4.69) is 17.6 Å². The SMILES string of the molecule is CCCCCCCCC(=O)Nc1ccc(C2NC(=O)N(C)C(C)=C2C(=O)OCCOC)cc1. The van der Waals surface area contributed by atoms with Gasteiger partial charge < -0.3 is 25.0 Å². The van der Waals surface area contributed by atoms with Crippen LogP contribution in [0, 0.1) is 0 Å². The van der Waals surface area contributed by atoms with E-state index in [0.717, 1.165) is 18.4 Å². The van der Waals surface area contributed by atoms with E-state index in [9.17, 15) is 14.4 Å². The van der Waals surface area contributed by atoms with Crippen LogP contribution < -0.4 is 10.6 Å². The summed E-state index contributed by atoms with van der Waals surface area (Å²) in [6, 6.07) is 6.21. The molecule has 1 aromatic rings. The Kier molecular flexibility index (Phi) is 10.9. The van der Waals surface area contributed by atoms with Crippen molar-refractivity contribution in [2.24, 2.45) is 0 Å². The van der Waals surface area contributed by atoms with Crippen molar-refractivity contribution in [2.45, 2.75) is 64.8 Å². The molecule has 0 saturated heterocycles. The summed E-state index contributed by atoms with van der Waals surface area (Å²) in [5.74, 6) is -0.512. The Hall–Kier alpha value is -2.87. The Bertz CT molecular complexity index is 835. The molecular formula is C25H37N3O5. The highest BCUT2D eigenvalue weighted by Crippen LogP contribution is 2.31. The van der Waals surface area contributed by atoms with Crippen molar-refractivity contribution in [2.75, 3.05) is 32.7 Å². The van der Waals surface area contributed by atoms with Gasteiger partial charge in [-0.3, -0.25) is 4.79 Å². The largest absolute Gasteiger partial charge is 0.460 e. The first-order valence-corrected chi connectivity index (χ1v) is 11.7. The van der Waals surface area contributed by atoms with Crippen LogP contribution >= 0.6 is 0 Å². The molecular weight excluding hydrogens is 422 g/mol. The van der Waals surface area contributed by atoms with Gasteiger partial charge in [-0.1, -0.05) is 51.2 Å². The lowest BCUT2D eigenvalue weighted by Crippen LogP contribution is -2.46. The van der Waals surface area contributed by atoms with Crippen LogP contribution in [-0.4, -0.2) is 50.2 Å². The van der Waals surface area contributed by atoms with Crippen molar-refractivity contribution >= 4 is 23.6 Å². The zero-order chi connectivity index (χ0) is 24.2. The quantitative estimate of drug-likeness (QED) is 0.334. The second-order valence-electron chi connectivity index (χ2n) is 8.26. The fourth-order valence-corrected chi connectivity index (χ4v) is 3.69. The highest BCUT2D eigenvalue weighted by atomic mass is 16.6. The standard InChI is InChI=1S/C25H37N3O5/c1-5-6-7-8-9-10-11-21(29)26-20-14-12-19(13-15-20)23-22(24(30)33-17-16-32-4)18(2)28(3)25(31)27-23/h12-15,23H,5-11,16-17H2,1-4H3,(H,26,29)(H,27,31). The van der Waals surface area contributed by atoms with E-state index in [1.165, 1.54) is 37.7 Å². The number of methoxy groups -OCH3 is 1. The number of carbonyl (C=O) groups is 3. The number of carbonyl (C=O) groups excluding carboxylic acids is 3. The maximum absolute atomic E-state index is 12.7. The van der Waals surface area contributed by atoms with Gasteiger partial charge in [-0.05, 0) is 31.0 Å². The number of benzene rings is 1. The summed E-state index contributed by atoms with van der Waals surface area (Å²) < 4.78 is 10.3. The molecule has 1 heterocycles. The van der Waals surface area contributed by atoms with E-state index in [1.807, 2.05) is 0 Å². The summed E-state index contributed by atoms with van der Waals surface area (Å²) in [4.78, 5) is 38.7. The maximum Gasteiger partial charge on any atom is 0.338 e. The average molecular weight is 460 g/mol. The van der Waals surface area contributed by atoms with Crippen molar-refractivity contribution in [3.63, 3.8) is 0 Å². The molecule has 0 aliphatic carbocycles. The van der Waals surface area contributed by atoms with E-state index in [4.69, 9.17) is 9.47 Å². The minimum Gasteiger partial charge on any atom is -0.460 e. The molecule has 3 amide bonds. The lowest BCUT2D eigenvalue weighted by Gasteiger charge is -2.33. The molecule has 0 aromatic heterocycles. The first-order chi connectivity index (χ1) is 15.9. The number of nitrogens with one attached hydrogen (secondary N) is 2. The third-order valence-electron chi connectivity index (χ3n) is 5.78. The van der Waals surface area contributed by atoms with Gasteiger partial charge in [-0.25, -0.2) is 9.59 Å². The number of urea groups is 1. The second kappa shape index (κ2) is 13.6. The highest BCUT2D eigenvalue weighted by Gasteiger charge is 2.35. The molecule has 0 radical (unpaired) electrons. The lowest BCUT2D eigenvalue weighted by atomic mass is 9.95. The van der Waals surface area contributed by atoms with Gasteiger partial charge in [0, 0.05) is 32.0 Å². The number of allylic oxidation sites excluding steroid dienone is 1. The van der Waals surface area contributed by atoms with E-state index >= 15 is 0 Å². The summed E-state index contributed by atoms with van der Waals surface area (Å²) in [5, 5.41) is 5.77. The van der Waals surface area contributed by atoms with Gasteiger partial charge in [0.2, 0.25) is 5.91 Å². The number of rotatable bonds is 13. The molecule has 182 valence electrons. The fraction of sp³-hybridized carbons (Fsp3) is 0.560. The van der Waals surface area contributed by atoms with Crippen LogP contribution in [0.2, 0.25) is 0 Å². The van der Waals surface area contributed by atoms with Crippen LogP contribution in [0.15, 0.2) is 35.5 Å². The van der Waals surface area contributed by atoms with Crippen LogP contribution in [0.5, 0.6) is 0 Å². The van der Waals surface area contributed by atoms with Crippen LogP contribution in [0.4, 0.5) is 10.5 Å². The third-order valence-corrected chi connectivity index (χ3v) is 5.78. The van der Waals surface area contributed by atoms with Crippen molar-refractivity contribution in [1.29, 1.82) is 0 Å². The Morgan fingerprint density at radius 1 is 1.06 bits per heavy atom. The molecule has 0 spiro atoms. The molecule has 1 atom stereocenters.